The summed E-state index contributed by atoms with van der Waals surface area (Å²) in [6.45, 7) is 12.1. The molecule has 0 spiro atoms. The zero-order chi connectivity index (χ0) is 9.40. The molecular weight excluding hydrogens is 178 g/mol. The standard InChI is InChI=1S/C9H25NSi2/c1-5-10(6-2)12(4)9-7-8-11-3/h12H,5-9,11H2,1-4H3. The summed E-state index contributed by atoms with van der Waals surface area (Å²) < 4.78 is 2.69. The first-order chi connectivity index (χ1) is 5.76. The second kappa shape index (κ2) is 8.01. The number of rotatable bonds is 7. The molecule has 0 aliphatic heterocycles. The molecule has 0 bridgehead atoms. The van der Waals surface area contributed by atoms with Crippen molar-refractivity contribution in [3.05, 3.63) is 0 Å². The van der Waals surface area contributed by atoms with Crippen LogP contribution in [0.4, 0.5) is 0 Å². The Morgan fingerprint density at radius 1 is 1.25 bits per heavy atom. The van der Waals surface area contributed by atoms with Gasteiger partial charge in [0.2, 0.25) is 0 Å². The van der Waals surface area contributed by atoms with Crippen LogP contribution in [0.2, 0.25) is 25.2 Å². The van der Waals surface area contributed by atoms with Crippen molar-refractivity contribution >= 4 is 18.5 Å². The molecule has 0 rings (SSSR count). The predicted octanol–water partition coefficient (Wildman–Crippen LogP) is 1.71. The van der Waals surface area contributed by atoms with Crippen molar-refractivity contribution in [2.24, 2.45) is 0 Å². The summed E-state index contributed by atoms with van der Waals surface area (Å²) in [6, 6.07) is 3.11. The van der Waals surface area contributed by atoms with Crippen molar-refractivity contribution in [1.29, 1.82) is 0 Å². The van der Waals surface area contributed by atoms with E-state index in [-0.39, 0.29) is 0 Å². The number of nitrogens with zero attached hydrogens (tertiary/aromatic N) is 1. The van der Waals surface area contributed by atoms with Crippen LogP contribution in [-0.4, -0.2) is 36.1 Å². The van der Waals surface area contributed by atoms with Crippen molar-refractivity contribution in [2.75, 3.05) is 13.1 Å². The zero-order valence-corrected chi connectivity index (χ0v) is 11.8. The summed E-state index contributed by atoms with van der Waals surface area (Å²) in [4.78, 5) is 0. The maximum Gasteiger partial charge on any atom is 0.108 e. The normalized spacial score (nSPS) is 14.8. The lowest BCUT2D eigenvalue weighted by atomic mass is 10.6. The van der Waals surface area contributed by atoms with Crippen LogP contribution < -0.4 is 0 Å². The van der Waals surface area contributed by atoms with Crippen molar-refractivity contribution < 1.29 is 0 Å². The van der Waals surface area contributed by atoms with E-state index in [2.05, 4.69) is 31.5 Å². The van der Waals surface area contributed by atoms with Crippen LogP contribution in [0.25, 0.3) is 0 Å². The lowest BCUT2D eigenvalue weighted by molar-refractivity contribution is 0.478. The van der Waals surface area contributed by atoms with E-state index in [1.807, 2.05) is 0 Å². The molecule has 0 saturated carbocycles. The summed E-state index contributed by atoms with van der Waals surface area (Å²) in [5.74, 6) is 0. The minimum Gasteiger partial charge on any atom is -0.327 e. The van der Waals surface area contributed by atoms with E-state index in [0.717, 1.165) is 0 Å². The van der Waals surface area contributed by atoms with Crippen LogP contribution in [-0.2, 0) is 0 Å². The van der Waals surface area contributed by atoms with Gasteiger partial charge in [0.25, 0.3) is 0 Å². The van der Waals surface area contributed by atoms with Gasteiger partial charge in [-0.05, 0) is 19.1 Å². The fourth-order valence-electron chi connectivity index (χ4n) is 1.72. The molecule has 0 aromatic rings. The highest BCUT2D eigenvalue weighted by atomic mass is 28.3. The third kappa shape index (κ3) is 5.11. The smallest absolute Gasteiger partial charge is 0.108 e. The van der Waals surface area contributed by atoms with Gasteiger partial charge in [-0.2, -0.15) is 0 Å². The molecule has 0 aliphatic carbocycles. The molecule has 1 atom stereocenters. The summed E-state index contributed by atoms with van der Waals surface area (Å²) >= 11 is 0. The van der Waals surface area contributed by atoms with Gasteiger partial charge < -0.3 is 4.57 Å². The van der Waals surface area contributed by atoms with Crippen LogP contribution in [0.1, 0.15) is 20.3 Å². The van der Waals surface area contributed by atoms with Gasteiger partial charge in [0.1, 0.15) is 8.96 Å². The van der Waals surface area contributed by atoms with Crippen LogP contribution in [0.3, 0.4) is 0 Å². The molecule has 0 amide bonds. The molecule has 0 aliphatic rings. The molecular formula is C9H25NSi2. The third-order valence-corrected chi connectivity index (χ3v) is 7.09. The highest BCUT2D eigenvalue weighted by Gasteiger charge is 2.10. The summed E-state index contributed by atoms with van der Waals surface area (Å²) in [5.41, 5.74) is 0. The van der Waals surface area contributed by atoms with Crippen molar-refractivity contribution in [1.82, 2.24) is 4.57 Å². The second-order valence-electron chi connectivity index (χ2n) is 3.57. The second-order valence-corrected chi connectivity index (χ2v) is 8.28. The Morgan fingerprint density at radius 2 is 1.83 bits per heavy atom. The quantitative estimate of drug-likeness (QED) is 0.450. The predicted molar refractivity (Wildman–Crippen MR) is 64.6 cm³/mol. The summed E-state index contributed by atoms with van der Waals surface area (Å²) in [6.07, 6.45) is 1.52. The van der Waals surface area contributed by atoms with Gasteiger partial charge >= 0.3 is 0 Å². The van der Waals surface area contributed by atoms with Crippen molar-refractivity contribution in [3.63, 3.8) is 0 Å². The topological polar surface area (TPSA) is 3.24 Å². The first kappa shape index (κ1) is 12.4. The van der Waals surface area contributed by atoms with E-state index < -0.39 is 8.96 Å². The first-order valence-electron chi connectivity index (χ1n) is 5.50. The van der Waals surface area contributed by atoms with Crippen LogP contribution >= 0.6 is 0 Å². The van der Waals surface area contributed by atoms with Gasteiger partial charge in [-0.15, -0.1) is 0 Å². The van der Waals surface area contributed by atoms with Crippen molar-refractivity contribution in [2.45, 2.75) is 45.5 Å². The van der Waals surface area contributed by atoms with E-state index in [9.17, 15) is 0 Å². The molecule has 0 heterocycles. The van der Waals surface area contributed by atoms with Crippen LogP contribution in [0, 0.1) is 0 Å². The van der Waals surface area contributed by atoms with Gasteiger partial charge in [-0.25, -0.2) is 0 Å². The van der Waals surface area contributed by atoms with Crippen LogP contribution in [0.15, 0.2) is 0 Å². The highest BCUT2D eigenvalue weighted by Crippen LogP contribution is 2.05. The summed E-state index contributed by atoms with van der Waals surface area (Å²) in [5, 5.41) is 0. The molecule has 0 N–H and O–H groups in total. The summed E-state index contributed by atoms with van der Waals surface area (Å²) in [7, 11) is -0.156. The van der Waals surface area contributed by atoms with Crippen molar-refractivity contribution in [3.8, 4) is 0 Å². The Morgan fingerprint density at radius 3 is 2.25 bits per heavy atom. The van der Waals surface area contributed by atoms with Gasteiger partial charge in [-0.1, -0.05) is 39.4 Å². The van der Waals surface area contributed by atoms with Gasteiger partial charge in [0, 0.05) is 9.52 Å². The van der Waals surface area contributed by atoms with Gasteiger partial charge in [-0.3, -0.25) is 0 Å². The lowest BCUT2D eigenvalue weighted by Crippen LogP contribution is -2.36. The minimum absolute atomic E-state index is 0.338. The molecule has 0 aromatic heterocycles. The van der Waals surface area contributed by atoms with E-state index in [1.165, 1.54) is 19.5 Å². The Bertz CT molecular complexity index is 94.5. The highest BCUT2D eigenvalue weighted by molar-refractivity contribution is 6.54. The van der Waals surface area contributed by atoms with Gasteiger partial charge in [0.05, 0.1) is 0 Å². The third-order valence-electron chi connectivity index (χ3n) is 2.66. The van der Waals surface area contributed by atoms with E-state index in [4.69, 9.17) is 0 Å². The lowest BCUT2D eigenvalue weighted by Gasteiger charge is -2.25. The van der Waals surface area contributed by atoms with E-state index >= 15 is 0 Å². The zero-order valence-electron chi connectivity index (χ0n) is 9.27. The maximum atomic E-state index is 2.69. The van der Waals surface area contributed by atoms with Crippen LogP contribution in [0.5, 0.6) is 0 Å². The fraction of sp³-hybridized carbons (Fsp3) is 1.00. The Labute approximate surface area is 82.1 Å². The van der Waals surface area contributed by atoms with Gasteiger partial charge in [0.15, 0.2) is 0 Å². The molecule has 3 heteroatoms. The van der Waals surface area contributed by atoms with E-state index in [1.54, 1.807) is 12.1 Å². The maximum absolute atomic E-state index is 2.69. The SMILES string of the molecule is CCN(CC)[SiH](C)CCC[SiH2]C. The Kier molecular flexibility index (Phi) is 8.28. The first-order valence-corrected chi connectivity index (χ1v) is 10.4. The Hall–Kier alpha value is 0.394. The number of hydrogen-bond acceptors (Lipinski definition) is 1. The average molecular weight is 203 g/mol. The fourth-order valence-corrected chi connectivity index (χ4v) is 5.58. The molecule has 1 unspecified atom stereocenters. The largest absolute Gasteiger partial charge is 0.327 e. The molecule has 0 fully saturated rings. The molecule has 1 nitrogen and oxygen atoms in total. The molecule has 0 aromatic carbocycles. The monoisotopic (exact) mass is 203 g/mol. The Balaban J connectivity index is 3.47. The molecule has 0 saturated heterocycles. The molecule has 74 valence electrons. The molecule has 12 heavy (non-hydrogen) atoms. The molecule has 0 radical (unpaired) electrons. The van der Waals surface area contributed by atoms with E-state index in [0.29, 0.717) is 9.52 Å². The average Bonchev–Trinajstić information content (AvgIpc) is 2.07. The number of hydrogen-bond donors (Lipinski definition) is 0. The minimum atomic E-state index is -0.493.